The highest BCUT2D eigenvalue weighted by molar-refractivity contribution is 5.92. The van der Waals surface area contributed by atoms with Crippen LogP contribution >= 0.6 is 0 Å². The second-order valence-corrected chi connectivity index (χ2v) is 4.87. The number of nitrogens with one attached hydrogen (secondary N) is 2. The Morgan fingerprint density at radius 1 is 1.39 bits per heavy atom. The molecule has 1 amide bonds. The summed E-state index contributed by atoms with van der Waals surface area (Å²) in [7, 11) is 0. The number of rotatable bonds is 4. The number of hydrogen-bond donors (Lipinski definition) is 2. The Hall–Kier alpha value is -1.42. The maximum absolute atomic E-state index is 13.3. The molecule has 0 atom stereocenters. The SMILES string of the molecule is Cc1ccc(NC(=O)CNC2CCCC2)cc1F. The number of carbonyl (C=O) groups excluding carboxylic acids is 1. The van der Waals surface area contributed by atoms with E-state index in [0.717, 1.165) is 12.8 Å². The molecular formula is C14H19FN2O. The van der Waals surface area contributed by atoms with E-state index < -0.39 is 0 Å². The first-order chi connectivity index (χ1) is 8.65. The van der Waals surface area contributed by atoms with E-state index in [-0.39, 0.29) is 11.7 Å². The third kappa shape index (κ3) is 3.53. The van der Waals surface area contributed by atoms with Crippen LogP contribution in [0, 0.1) is 12.7 Å². The van der Waals surface area contributed by atoms with Crippen molar-refractivity contribution < 1.29 is 9.18 Å². The molecule has 1 saturated carbocycles. The van der Waals surface area contributed by atoms with Crippen LogP contribution in [0.15, 0.2) is 18.2 Å². The van der Waals surface area contributed by atoms with Gasteiger partial charge in [0.2, 0.25) is 5.91 Å². The molecule has 98 valence electrons. The van der Waals surface area contributed by atoms with Crippen molar-refractivity contribution in [2.45, 2.75) is 38.6 Å². The lowest BCUT2D eigenvalue weighted by Gasteiger charge is -2.12. The summed E-state index contributed by atoms with van der Waals surface area (Å²) in [6, 6.07) is 5.19. The Morgan fingerprint density at radius 2 is 2.11 bits per heavy atom. The number of benzene rings is 1. The summed E-state index contributed by atoms with van der Waals surface area (Å²) >= 11 is 0. The van der Waals surface area contributed by atoms with E-state index in [1.165, 1.54) is 18.9 Å². The predicted octanol–water partition coefficient (Wildman–Crippen LogP) is 2.60. The van der Waals surface area contributed by atoms with Crippen LogP contribution in [0.5, 0.6) is 0 Å². The topological polar surface area (TPSA) is 41.1 Å². The van der Waals surface area contributed by atoms with Crippen LogP contribution in [0.2, 0.25) is 0 Å². The lowest BCUT2D eigenvalue weighted by molar-refractivity contribution is -0.115. The zero-order valence-corrected chi connectivity index (χ0v) is 10.6. The van der Waals surface area contributed by atoms with E-state index in [1.54, 1.807) is 19.1 Å². The lowest BCUT2D eigenvalue weighted by atomic mass is 10.2. The molecule has 0 spiro atoms. The standard InChI is InChI=1S/C14H19FN2O/c1-10-6-7-12(8-13(10)15)17-14(18)9-16-11-4-2-3-5-11/h6-8,11,16H,2-5,9H2,1H3,(H,17,18). The molecule has 1 aliphatic carbocycles. The van der Waals surface area contributed by atoms with Crippen molar-refractivity contribution in [1.29, 1.82) is 0 Å². The summed E-state index contributed by atoms with van der Waals surface area (Å²) in [5.41, 5.74) is 1.09. The van der Waals surface area contributed by atoms with Crippen molar-refractivity contribution in [3.63, 3.8) is 0 Å². The van der Waals surface area contributed by atoms with Gasteiger partial charge in [-0.15, -0.1) is 0 Å². The smallest absolute Gasteiger partial charge is 0.238 e. The van der Waals surface area contributed by atoms with E-state index in [0.29, 0.717) is 23.8 Å². The van der Waals surface area contributed by atoms with Crippen LogP contribution in [-0.4, -0.2) is 18.5 Å². The first-order valence-corrected chi connectivity index (χ1v) is 6.44. The molecule has 0 aliphatic heterocycles. The average Bonchev–Trinajstić information content (AvgIpc) is 2.84. The number of hydrogen-bond acceptors (Lipinski definition) is 2. The number of halogens is 1. The molecule has 0 aromatic heterocycles. The third-order valence-electron chi connectivity index (χ3n) is 3.36. The van der Waals surface area contributed by atoms with Crippen LogP contribution in [-0.2, 0) is 4.79 Å². The summed E-state index contributed by atoms with van der Waals surface area (Å²) in [6.45, 7) is 1.99. The Bertz CT molecular complexity index is 428. The summed E-state index contributed by atoms with van der Waals surface area (Å²) in [5, 5.41) is 5.91. The number of anilines is 1. The molecule has 0 radical (unpaired) electrons. The van der Waals surface area contributed by atoms with Gasteiger partial charge in [-0.25, -0.2) is 4.39 Å². The zero-order valence-electron chi connectivity index (χ0n) is 10.6. The summed E-state index contributed by atoms with van der Waals surface area (Å²) in [6.07, 6.45) is 4.77. The fourth-order valence-corrected chi connectivity index (χ4v) is 2.24. The van der Waals surface area contributed by atoms with Crippen LogP contribution in [0.3, 0.4) is 0 Å². The lowest BCUT2D eigenvalue weighted by Crippen LogP contribution is -2.34. The highest BCUT2D eigenvalue weighted by atomic mass is 19.1. The van der Waals surface area contributed by atoms with E-state index in [2.05, 4.69) is 10.6 Å². The minimum Gasteiger partial charge on any atom is -0.325 e. The van der Waals surface area contributed by atoms with Crippen LogP contribution < -0.4 is 10.6 Å². The van der Waals surface area contributed by atoms with Crippen molar-refractivity contribution in [3.05, 3.63) is 29.6 Å². The molecule has 0 heterocycles. The predicted molar refractivity (Wildman–Crippen MR) is 70.0 cm³/mol. The molecule has 1 fully saturated rings. The Morgan fingerprint density at radius 3 is 2.78 bits per heavy atom. The fourth-order valence-electron chi connectivity index (χ4n) is 2.24. The van der Waals surface area contributed by atoms with Gasteiger partial charge in [0, 0.05) is 11.7 Å². The Labute approximate surface area is 107 Å². The molecule has 0 unspecified atom stereocenters. The highest BCUT2D eigenvalue weighted by Gasteiger charge is 2.15. The monoisotopic (exact) mass is 250 g/mol. The molecule has 4 heteroatoms. The Balaban J connectivity index is 1.80. The van der Waals surface area contributed by atoms with Gasteiger partial charge in [-0.05, 0) is 37.5 Å². The number of aryl methyl sites for hydroxylation is 1. The van der Waals surface area contributed by atoms with Crippen molar-refractivity contribution in [3.8, 4) is 0 Å². The summed E-state index contributed by atoms with van der Waals surface area (Å²) in [5.74, 6) is -0.415. The van der Waals surface area contributed by atoms with E-state index in [4.69, 9.17) is 0 Å². The molecule has 1 aliphatic rings. The second kappa shape index (κ2) is 5.96. The molecule has 0 bridgehead atoms. The zero-order chi connectivity index (χ0) is 13.0. The van der Waals surface area contributed by atoms with Crippen molar-refractivity contribution in [2.75, 3.05) is 11.9 Å². The minimum atomic E-state index is -0.295. The van der Waals surface area contributed by atoms with Gasteiger partial charge < -0.3 is 10.6 Å². The van der Waals surface area contributed by atoms with Gasteiger partial charge >= 0.3 is 0 Å². The van der Waals surface area contributed by atoms with Gasteiger partial charge in [-0.2, -0.15) is 0 Å². The molecule has 1 aromatic carbocycles. The highest BCUT2D eigenvalue weighted by Crippen LogP contribution is 2.17. The van der Waals surface area contributed by atoms with Crippen LogP contribution in [0.1, 0.15) is 31.2 Å². The van der Waals surface area contributed by atoms with Crippen LogP contribution in [0.4, 0.5) is 10.1 Å². The largest absolute Gasteiger partial charge is 0.325 e. The summed E-state index contributed by atoms with van der Waals surface area (Å²) < 4.78 is 13.3. The first kappa shape index (κ1) is 13.0. The van der Waals surface area contributed by atoms with Gasteiger partial charge in [0.15, 0.2) is 0 Å². The number of amides is 1. The summed E-state index contributed by atoms with van der Waals surface area (Å²) in [4.78, 5) is 11.7. The van der Waals surface area contributed by atoms with E-state index in [9.17, 15) is 9.18 Å². The van der Waals surface area contributed by atoms with Gasteiger partial charge in [0.05, 0.1) is 6.54 Å². The quantitative estimate of drug-likeness (QED) is 0.862. The Kier molecular flexibility index (Phi) is 4.31. The van der Waals surface area contributed by atoms with Crippen molar-refractivity contribution >= 4 is 11.6 Å². The fraction of sp³-hybridized carbons (Fsp3) is 0.500. The van der Waals surface area contributed by atoms with Gasteiger partial charge in [0.1, 0.15) is 5.82 Å². The first-order valence-electron chi connectivity index (χ1n) is 6.44. The average molecular weight is 250 g/mol. The molecule has 0 saturated heterocycles. The minimum absolute atomic E-state index is 0.120. The molecule has 18 heavy (non-hydrogen) atoms. The van der Waals surface area contributed by atoms with Crippen molar-refractivity contribution in [2.24, 2.45) is 0 Å². The maximum atomic E-state index is 13.3. The maximum Gasteiger partial charge on any atom is 0.238 e. The second-order valence-electron chi connectivity index (χ2n) is 4.87. The number of carbonyl (C=O) groups is 1. The molecule has 3 nitrogen and oxygen atoms in total. The molecule has 2 rings (SSSR count). The van der Waals surface area contributed by atoms with Gasteiger partial charge in [-0.3, -0.25) is 4.79 Å². The molecule has 1 aromatic rings. The van der Waals surface area contributed by atoms with Crippen LogP contribution in [0.25, 0.3) is 0 Å². The van der Waals surface area contributed by atoms with E-state index in [1.807, 2.05) is 0 Å². The normalized spacial score (nSPS) is 15.9. The third-order valence-corrected chi connectivity index (χ3v) is 3.36. The van der Waals surface area contributed by atoms with Gasteiger partial charge in [0.25, 0.3) is 0 Å². The van der Waals surface area contributed by atoms with E-state index >= 15 is 0 Å². The molecule has 2 N–H and O–H groups in total. The van der Waals surface area contributed by atoms with Gasteiger partial charge in [-0.1, -0.05) is 18.9 Å². The van der Waals surface area contributed by atoms with Crippen molar-refractivity contribution in [1.82, 2.24) is 5.32 Å². The molecular weight excluding hydrogens is 231 g/mol.